The van der Waals surface area contributed by atoms with Crippen LogP contribution < -0.4 is 5.73 Å². The number of benzene rings is 1. The van der Waals surface area contributed by atoms with Gasteiger partial charge in [-0.2, -0.15) is 0 Å². The van der Waals surface area contributed by atoms with Crippen molar-refractivity contribution in [2.45, 2.75) is 10.8 Å². The Morgan fingerprint density at radius 2 is 2.16 bits per heavy atom. The summed E-state index contributed by atoms with van der Waals surface area (Å²) in [5.74, 6) is -0.435. The molecule has 2 rings (SSSR count). The van der Waals surface area contributed by atoms with Gasteiger partial charge in [-0.1, -0.05) is 29.8 Å². The number of aromatic nitrogens is 1. The molecule has 1 aromatic heterocycles. The molecule has 98 valence electrons. The Labute approximate surface area is 119 Å². The topological polar surface area (TPSA) is 76.2 Å². The highest BCUT2D eigenvalue weighted by Gasteiger charge is 2.10. The zero-order valence-corrected chi connectivity index (χ0v) is 11.4. The van der Waals surface area contributed by atoms with Gasteiger partial charge in [0, 0.05) is 10.8 Å². The minimum Gasteiger partial charge on any atom is -0.478 e. The third kappa shape index (κ3) is 3.39. The molecule has 0 aliphatic carbocycles. The number of nitrogens with zero attached hydrogens (tertiary/aromatic N) is 1. The van der Waals surface area contributed by atoms with Crippen LogP contribution in [0.3, 0.4) is 0 Å². The molecule has 1 aromatic carbocycles. The first-order valence-corrected chi connectivity index (χ1v) is 6.79. The van der Waals surface area contributed by atoms with E-state index in [1.165, 1.54) is 24.0 Å². The molecular weight excluding hydrogens is 284 g/mol. The van der Waals surface area contributed by atoms with Crippen molar-refractivity contribution in [1.29, 1.82) is 0 Å². The van der Waals surface area contributed by atoms with Crippen LogP contribution in [0.4, 0.5) is 5.69 Å². The van der Waals surface area contributed by atoms with Crippen molar-refractivity contribution in [3.63, 3.8) is 0 Å². The predicted molar refractivity (Wildman–Crippen MR) is 76.6 cm³/mol. The Kier molecular flexibility index (Phi) is 4.29. The minimum absolute atomic E-state index is 0.0664. The monoisotopic (exact) mass is 294 g/mol. The van der Waals surface area contributed by atoms with Crippen LogP contribution in [-0.2, 0) is 5.75 Å². The molecule has 0 saturated carbocycles. The number of nitrogen functional groups attached to an aromatic ring is 1. The average molecular weight is 295 g/mol. The molecule has 0 radical (unpaired) electrons. The summed E-state index contributed by atoms with van der Waals surface area (Å²) in [7, 11) is 0. The molecule has 0 aliphatic rings. The Morgan fingerprint density at radius 3 is 2.84 bits per heavy atom. The summed E-state index contributed by atoms with van der Waals surface area (Å²) in [5.41, 5.74) is 6.75. The van der Waals surface area contributed by atoms with Crippen LogP contribution in [0.5, 0.6) is 0 Å². The number of carboxylic acids is 1. The molecule has 0 bridgehead atoms. The molecule has 4 nitrogen and oxygen atoms in total. The lowest BCUT2D eigenvalue weighted by molar-refractivity contribution is 0.0697. The van der Waals surface area contributed by atoms with Crippen LogP contribution in [0.25, 0.3) is 0 Å². The van der Waals surface area contributed by atoms with Crippen molar-refractivity contribution in [3.8, 4) is 0 Å². The first kappa shape index (κ1) is 13.7. The van der Waals surface area contributed by atoms with Crippen LogP contribution in [0, 0.1) is 0 Å². The minimum atomic E-state index is -1.06. The fourth-order valence-electron chi connectivity index (χ4n) is 1.48. The van der Waals surface area contributed by atoms with Gasteiger partial charge in [0.1, 0.15) is 0 Å². The van der Waals surface area contributed by atoms with E-state index in [0.717, 1.165) is 5.56 Å². The number of rotatable bonds is 4. The van der Waals surface area contributed by atoms with Gasteiger partial charge in [-0.3, -0.25) is 0 Å². The summed E-state index contributed by atoms with van der Waals surface area (Å²) in [6.07, 6.45) is 1.36. The van der Waals surface area contributed by atoms with Crippen molar-refractivity contribution in [1.82, 2.24) is 4.98 Å². The normalized spacial score (nSPS) is 10.4. The molecule has 0 aliphatic heterocycles. The van der Waals surface area contributed by atoms with Crippen molar-refractivity contribution in [2.75, 3.05) is 5.73 Å². The highest BCUT2D eigenvalue weighted by Crippen LogP contribution is 2.26. The van der Waals surface area contributed by atoms with E-state index in [-0.39, 0.29) is 11.3 Å². The Balaban J connectivity index is 2.14. The zero-order chi connectivity index (χ0) is 13.8. The van der Waals surface area contributed by atoms with Gasteiger partial charge in [-0.05, 0) is 17.7 Å². The number of anilines is 1. The number of hydrogen-bond donors (Lipinski definition) is 2. The fraction of sp³-hybridized carbons (Fsp3) is 0.0769. The van der Waals surface area contributed by atoms with E-state index in [2.05, 4.69) is 4.98 Å². The SMILES string of the molecule is Nc1cnc(SCc2ccccc2Cl)cc1C(=O)O. The molecule has 6 heteroatoms. The van der Waals surface area contributed by atoms with Crippen LogP contribution in [0.15, 0.2) is 41.6 Å². The summed E-state index contributed by atoms with van der Waals surface area (Å²) in [4.78, 5) is 15.1. The van der Waals surface area contributed by atoms with Crippen molar-refractivity contribution in [3.05, 3.63) is 52.7 Å². The number of carbonyl (C=O) groups is 1. The maximum Gasteiger partial charge on any atom is 0.337 e. The number of nitrogens with two attached hydrogens (primary N) is 1. The van der Waals surface area contributed by atoms with E-state index >= 15 is 0 Å². The van der Waals surface area contributed by atoms with Crippen LogP contribution in [0.1, 0.15) is 15.9 Å². The number of carboxylic acid groups (broad SMARTS) is 1. The van der Waals surface area contributed by atoms with Gasteiger partial charge < -0.3 is 10.8 Å². The predicted octanol–water partition coefficient (Wildman–Crippen LogP) is 3.31. The second-order valence-corrected chi connectivity index (χ2v) is 5.20. The Bertz CT molecular complexity index is 619. The van der Waals surface area contributed by atoms with Gasteiger partial charge >= 0.3 is 5.97 Å². The molecular formula is C13H11ClN2O2S. The third-order valence-electron chi connectivity index (χ3n) is 2.47. The molecule has 0 unspecified atom stereocenters. The molecule has 2 aromatic rings. The smallest absolute Gasteiger partial charge is 0.337 e. The maximum atomic E-state index is 11.0. The molecule has 0 saturated heterocycles. The second-order valence-electron chi connectivity index (χ2n) is 3.80. The molecule has 0 amide bonds. The standard InChI is InChI=1S/C13H11ClN2O2S/c14-10-4-2-1-3-8(10)7-19-12-5-9(13(17)18)11(15)6-16-12/h1-6H,7,15H2,(H,17,18). The van der Waals surface area contributed by atoms with E-state index in [1.54, 1.807) is 0 Å². The Morgan fingerprint density at radius 1 is 1.42 bits per heavy atom. The highest BCUT2D eigenvalue weighted by atomic mass is 35.5. The first-order chi connectivity index (χ1) is 9.08. The number of pyridine rings is 1. The number of thioether (sulfide) groups is 1. The molecule has 1 heterocycles. The van der Waals surface area contributed by atoms with E-state index < -0.39 is 5.97 Å². The van der Waals surface area contributed by atoms with Gasteiger partial charge in [0.05, 0.1) is 22.5 Å². The van der Waals surface area contributed by atoms with E-state index in [4.69, 9.17) is 22.4 Å². The lowest BCUT2D eigenvalue weighted by atomic mass is 10.2. The molecule has 0 spiro atoms. The lowest BCUT2D eigenvalue weighted by Crippen LogP contribution is -2.03. The van der Waals surface area contributed by atoms with E-state index in [1.807, 2.05) is 24.3 Å². The van der Waals surface area contributed by atoms with Gasteiger partial charge in [0.15, 0.2) is 0 Å². The number of hydrogen-bond acceptors (Lipinski definition) is 4. The summed E-state index contributed by atoms with van der Waals surface area (Å²) in [6.45, 7) is 0. The van der Waals surface area contributed by atoms with Gasteiger partial charge in [0.2, 0.25) is 0 Å². The summed E-state index contributed by atoms with van der Waals surface area (Å²) < 4.78 is 0. The average Bonchev–Trinajstić information content (AvgIpc) is 2.39. The Hall–Kier alpha value is -1.72. The second kappa shape index (κ2) is 5.95. The quantitative estimate of drug-likeness (QED) is 0.846. The largest absolute Gasteiger partial charge is 0.478 e. The molecule has 19 heavy (non-hydrogen) atoms. The highest BCUT2D eigenvalue weighted by molar-refractivity contribution is 7.98. The van der Waals surface area contributed by atoms with Crippen molar-refractivity contribution >= 4 is 35.0 Å². The van der Waals surface area contributed by atoms with E-state index in [9.17, 15) is 4.79 Å². The maximum absolute atomic E-state index is 11.0. The van der Waals surface area contributed by atoms with Crippen LogP contribution in [-0.4, -0.2) is 16.1 Å². The van der Waals surface area contributed by atoms with Gasteiger partial charge in [-0.15, -0.1) is 11.8 Å². The van der Waals surface area contributed by atoms with Gasteiger partial charge in [-0.25, -0.2) is 9.78 Å². The molecule has 0 atom stereocenters. The van der Waals surface area contributed by atoms with E-state index in [0.29, 0.717) is 15.8 Å². The fourth-order valence-corrected chi connectivity index (χ4v) is 2.64. The molecule has 0 fully saturated rings. The van der Waals surface area contributed by atoms with Crippen LogP contribution >= 0.6 is 23.4 Å². The van der Waals surface area contributed by atoms with Crippen molar-refractivity contribution < 1.29 is 9.90 Å². The number of aromatic carboxylic acids is 1. The molecule has 3 N–H and O–H groups in total. The van der Waals surface area contributed by atoms with Crippen molar-refractivity contribution in [2.24, 2.45) is 0 Å². The third-order valence-corrected chi connectivity index (χ3v) is 3.82. The zero-order valence-electron chi connectivity index (χ0n) is 9.84. The van der Waals surface area contributed by atoms with Crippen LogP contribution in [0.2, 0.25) is 5.02 Å². The summed E-state index contributed by atoms with van der Waals surface area (Å²) in [6, 6.07) is 8.97. The lowest BCUT2D eigenvalue weighted by Gasteiger charge is -2.05. The number of halogens is 1. The first-order valence-electron chi connectivity index (χ1n) is 5.43. The summed E-state index contributed by atoms with van der Waals surface area (Å²) >= 11 is 7.46. The summed E-state index contributed by atoms with van der Waals surface area (Å²) in [5, 5.41) is 10.3. The van der Waals surface area contributed by atoms with Gasteiger partial charge in [0.25, 0.3) is 0 Å².